The third kappa shape index (κ3) is 5.59. The monoisotopic (exact) mass is 591 g/mol. The number of nitrogens with zero attached hydrogens (tertiary/aromatic N) is 6. The zero-order valence-corrected chi connectivity index (χ0v) is 24.1. The first-order chi connectivity index (χ1) is 21.5. The van der Waals surface area contributed by atoms with Crippen LogP contribution < -0.4 is 10.1 Å². The van der Waals surface area contributed by atoms with E-state index >= 15 is 0 Å². The Morgan fingerprint density at radius 3 is 2.73 bits per heavy atom. The van der Waals surface area contributed by atoms with Crippen LogP contribution in [0.25, 0.3) is 56.1 Å². The smallest absolute Gasteiger partial charge is 0.224 e. The van der Waals surface area contributed by atoms with Crippen LogP contribution in [0.1, 0.15) is 26.2 Å². The van der Waals surface area contributed by atoms with Crippen LogP contribution >= 0.6 is 0 Å². The molecular weight excluding hydrogens is 561 g/mol. The fourth-order valence-electron chi connectivity index (χ4n) is 5.46. The first-order valence-electron chi connectivity index (χ1n) is 14.7. The molecule has 0 saturated carbocycles. The van der Waals surface area contributed by atoms with Crippen LogP contribution in [0, 0.1) is 5.82 Å². The molecule has 11 nitrogen and oxygen atoms in total. The molecule has 0 aliphatic carbocycles. The molecule has 6 aromatic rings. The molecule has 1 saturated heterocycles. The van der Waals surface area contributed by atoms with Crippen molar-refractivity contribution in [3.8, 4) is 39.8 Å². The Morgan fingerprint density at radius 1 is 1.00 bits per heavy atom. The van der Waals surface area contributed by atoms with Crippen molar-refractivity contribution >= 4 is 33.7 Å². The Labute approximate surface area is 251 Å². The number of amides is 1. The van der Waals surface area contributed by atoms with Gasteiger partial charge < -0.3 is 15.0 Å². The predicted molar refractivity (Wildman–Crippen MR) is 165 cm³/mol. The van der Waals surface area contributed by atoms with Crippen LogP contribution in [0.15, 0.2) is 61.1 Å². The Hall–Kier alpha value is -5.23. The van der Waals surface area contributed by atoms with Gasteiger partial charge >= 0.3 is 0 Å². The van der Waals surface area contributed by atoms with Crippen LogP contribution in [0.5, 0.6) is 5.75 Å². The number of aromatic nitrogens is 7. The van der Waals surface area contributed by atoms with Gasteiger partial charge in [-0.3, -0.25) is 24.8 Å². The number of ether oxygens (including phenoxy) is 1. The lowest BCUT2D eigenvalue weighted by Crippen LogP contribution is -2.25. The van der Waals surface area contributed by atoms with Crippen LogP contribution in [-0.2, 0) is 4.79 Å². The molecule has 44 heavy (non-hydrogen) atoms. The number of carbonyl (C=O) groups is 1. The van der Waals surface area contributed by atoms with E-state index in [1.807, 2.05) is 24.3 Å². The average molecular weight is 592 g/mol. The van der Waals surface area contributed by atoms with Crippen LogP contribution in [0.2, 0.25) is 0 Å². The highest BCUT2D eigenvalue weighted by molar-refractivity contribution is 5.95. The lowest BCUT2D eigenvalue weighted by molar-refractivity contribution is -0.115. The molecular formula is C32H30FN9O2. The van der Waals surface area contributed by atoms with E-state index in [9.17, 15) is 9.18 Å². The molecule has 1 aromatic carbocycles. The minimum absolute atomic E-state index is 0.0947. The Balaban J connectivity index is 1.20. The van der Waals surface area contributed by atoms with Gasteiger partial charge in [0.2, 0.25) is 5.91 Å². The van der Waals surface area contributed by atoms with Crippen molar-refractivity contribution in [1.29, 1.82) is 0 Å². The lowest BCUT2D eigenvalue weighted by Gasteiger charge is -2.15. The van der Waals surface area contributed by atoms with Gasteiger partial charge in [-0.1, -0.05) is 6.92 Å². The highest BCUT2D eigenvalue weighted by Gasteiger charge is 2.19. The van der Waals surface area contributed by atoms with Gasteiger partial charge in [0.25, 0.3) is 0 Å². The molecule has 12 heteroatoms. The number of likely N-dealkylation sites (tertiary alicyclic amines) is 1. The molecule has 6 heterocycles. The summed E-state index contributed by atoms with van der Waals surface area (Å²) >= 11 is 0. The summed E-state index contributed by atoms with van der Waals surface area (Å²) in [5, 5.41) is 10.4. The van der Waals surface area contributed by atoms with Gasteiger partial charge in [-0.2, -0.15) is 5.10 Å². The SMILES string of the molecule is CCC(=O)Nc1cncc(-c2ccc3[nH]nc(-c4nc5c(-c6cc(F)cc(OCCN7CCCC7)c6)nccc5[nH]4)c3n2)c1. The number of halogens is 1. The number of imidazole rings is 1. The number of anilines is 1. The summed E-state index contributed by atoms with van der Waals surface area (Å²) in [5.41, 5.74) is 6.26. The van der Waals surface area contributed by atoms with Crippen LogP contribution in [-0.4, -0.2) is 72.2 Å². The topological polar surface area (TPSA) is 138 Å². The number of nitrogens with one attached hydrogen (secondary N) is 3. The first kappa shape index (κ1) is 27.6. The molecule has 3 N–H and O–H groups in total. The third-order valence-corrected chi connectivity index (χ3v) is 7.69. The summed E-state index contributed by atoms with van der Waals surface area (Å²) in [7, 11) is 0. The predicted octanol–water partition coefficient (Wildman–Crippen LogP) is 5.59. The van der Waals surface area contributed by atoms with Crippen molar-refractivity contribution in [2.24, 2.45) is 0 Å². The quantitative estimate of drug-likeness (QED) is 0.198. The van der Waals surface area contributed by atoms with Crippen molar-refractivity contribution in [1.82, 2.24) is 40.0 Å². The van der Waals surface area contributed by atoms with E-state index in [2.05, 4.69) is 35.4 Å². The van der Waals surface area contributed by atoms with E-state index in [1.165, 1.54) is 25.0 Å². The number of carbonyl (C=O) groups excluding carboxylic acids is 1. The van der Waals surface area contributed by atoms with Crippen molar-refractivity contribution < 1.29 is 13.9 Å². The Bertz CT molecular complexity index is 1980. The maximum atomic E-state index is 14.7. The van der Waals surface area contributed by atoms with Gasteiger partial charge in [-0.05, 0) is 62.3 Å². The molecule has 7 rings (SSSR count). The second-order valence-corrected chi connectivity index (χ2v) is 10.7. The molecule has 1 aliphatic heterocycles. The molecule has 5 aromatic heterocycles. The fourth-order valence-corrected chi connectivity index (χ4v) is 5.46. The highest BCUT2D eigenvalue weighted by atomic mass is 19.1. The van der Waals surface area contributed by atoms with E-state index in [0.29, 0.717) is 64.0 Å². The number of hydrogen-bond donors (Lipinski definition) is 3. The number of rotatable bonds is 9. The second kappa shape index (κ2) is 11.8. The molecule has 0 bridgehead atoms. The van der Waals surface area contributed by atoms with Crippen molar-refractivity contribution in [2.45, 2.75) is 26.2 Å². The zero-order chi connectivity index (χ0) is 30.0. The number of benzene rings is 1. The van der Waals surface area contributed by atoms with Crippen LogP contribution in [0.4, 0.5) is 10.1 Å². The van der Waals surface area contributed by atoms with Gasteiger partial charge in [0, 0.05) is 42.6 Å². The van der Waals surface area contributed by atoms with Gasteiger partial charge in [-0.15, -0.1) is 0 Å². The normalized spacial score (nSPS) is 13.6. The Kier molecular flexibility index (Phi) is 7.40. The average Bonchev–Trinajstić information content (AvgIpc) is 3.80. The minimum atomic E-state index is -0.406. The standard InChI is InChI=1S/C32H30FN9O2/c1-2-27(43)36-22-14-20(17-34-18-22)24-5-6-26-30(37-24)31(41-40-26)32-38-25-7-8-35-28(29(25)39-32)19-13-21(33)16-23(15-19)44-12-11-42-9-3-4-10-42/h5-8,13-18H,2-4,9-12H2,1H3,(H,36,43)(H,38,39)(H,40,41). The zero-order valence-electron chi connectivity index (χ0n) is 24.1. The molecule has 0 unspecified atom stereocenters. The summed E-state index contributed by atoms with van der Waals surface area (Å²) in [6.45, 7) is 5.25. The van der Waals surface area contributed by atoms with Crippen molar-refractivity contribution in [3.63, 3.8) is 0 Å². The number of hydrogen-bond acceptors (Lipinski definition) is 8. The second-order valence-electron chi connectivity index (χ2n) is 10.7. The van der Waals surface area contributed by atoms with Gasteiger partial charge in [-0.25, -0.2) is 14.4 Å². The minimum Gasteiger partial charge on any atom is -0.492 e. The maximum absolute atomic E-state index is 14.7. The van der Waals surface area contributed by atoms with E-state index in [1.54, 1.807) is 31.6 Å². The number of H-pyrrole nitrogens is 2. The van der Waals surface area contributed by atoms with E-state index in [4.69, 9.17) is 14.7 Å². The third-order valence-electron chi connectivity index (χ3n) is 7.69. The summed E-state index contributed by atoms with van der Waals surface area (Å²) in [4.78, 5) is 36.1. The van der Waals surface area contributed by atoms with Gasteiger partial charge in [0.15, 0.2) is 11.5 Å². The maximum Gasteiger partial charge on any atom is 0.224 e. The molecule has 1 fully saturated rings. The first-order valence-corrected chi connectivity index (χ1v) is 14.7. The van der Waals surface area contributed by atoms with Crippen molar-refractivity contribution in [2.75, 3.05) is 31.6 Å². The van der Waals surface area contributed by atoms with Gasteiger partial charge in [0.05, 0.1) is 34.3 Å². The summed E-state index contributed by atoms with van der Waals surface area (Å²) in [6.07, 6.45) is 7.74. The van der Waals surface area contributed by atoms with Crippen LogP contribution in [0.3, 0.4) is 0 Å². The molecule has 0 atom stereocenters. The van der Waals surface area contributed by atoms with E-state index < -0.39 is 5.82 Å². The Morgan fingerprint density at radius 2 is 1.86 bits per heavy atom. The highest BCUT2D eigenvalue weighted by Crippen LogP contribution is 2.32. The van der Waals surface area contributed by atoms with E-state index in [-0.39, 0.29) is 5.91 Å². The molecule has 1 amide bonds. The molecule has 0 radical (unpaired) electrons. The fraction of sp³-hybridized carbons (Fsp3) is 0.250. The molecule has 0 spiro atoms. The largest absolute Gasteiger partial charge is 0.492 e. The summed E-state index contributed by atoms with van der Waals surface area (Å²) in [6, 6.07) is 12.0. The number of aromatic amines is 2. The van der Waals surface area contributed by atoms with E-state index in [0.717, 1.165) is 36.2 Å². The summed E-state index contributed by atoms with van der Waals surface area (Å²) < 4.78 is 20.7. The lowest BCUT2D eigenvalue weighted by atomic mass is 10.1. The number of fused-ring (bicyclic) bond motifs is 2. The number of pyridine rings is 3. The summed E-state index contributed by atoms with van der Waals surface area (Å²) in [5.74, 6) is 0.446. The molecule has 1 aliphatic rings. The van der Waals surface area contributed by atoms with Crippen molar-refractivity contribution in [3.05, 3.63) is 66.9 Å². The molecule has 222 valence electrons. The van der Waals surface area contributed by atoms with Gasteiger partial charge in [0.1, 0.15) is 29.2 Å².